The molecule has 0 radical (unpaired) electrons. The summed E-state index contributed by atoms with van der Waals surface area (Å²) in [4.78, 5) is 33.6. The van der Waals surface area contributed by atoms with Gasteiger partial charge in [-0.2, -0.15) is 5.26 Å². The maximum Gasteiger partial charge on any atom is 0.378 e. The van der Waals surface area contributed by atoms with Crippen molar-refractivity contribution in [3.8, 4) is 23.1 Å². The number of nitrogens with zero attached hydrogens (tertiary/aromatic N) is 5. The van der Waals surface area contributed by atoms with Crippen LogP contribution < -0.4 is 0 Å². The van der Waals surface area contributed by atoms with E-state index in [4.69, 9.17) is 4.74 Å². The summed E-state index contributed by atoms with van der Waals surface area (Å²) in [6.45, 7) is 1.20. The van der Waals surface area contributed by atoms with Crippen LogP contribution in [0.1, 0.15) is 27.2 Å². The monoisotopic (exact) mass is 443 g/mol. The van der Waals surface area contributed by atoms with Crippen LogP contribution in [-0.4, -0.2) is 38.1 Å². The average Bonchev–Trinajstić information content (AvgIpc) is 3.46. The molecule has 0 aliphatic rings. The van der Waals surface area contributed by atoms with E-state index in [2.05, 4.69) is 15.1 Å². The highest BCUT2D eigenvalue weighted by molar-refractivity contribution is 7.09. The Morgan fingerprint density at radius 3 is 2.41 bits per heavy atom. The molecule has 0 N–H and O–H groups in total. The first-order valence-corrected chi connectivity index (χ1v) is 10.5. The molecule has 0 aliphatic carbocycles. The number of hydrogen-bond donors (Lipinski definition) is 0. The lowest BCUT2D eigenvalue weighted by Crippen LogP contribution is -2.20. The zero-order valence-electron chi connectivity index (χ0n) is 17.0. The number of nitriles is 1. The number of rotatable bonds is 7. The van der Waals surface area contributed by atoms with E-state index in [9.17, 15) is 14.9 Å². The Hall–Kier alpha value is -4.16. The second-order valence-electron chi connectivity index (χ2n) is 6.80. The van der Waals surface area contributed by atoms with Crippen molar-refractivity contribution in [1.29, 1.82) is 5.26 Å². The molecule has 8 nitrogen and oxygen atoms in total. The lowest BCUT2D eigenvalue weighted by Gasteiger charge is -2.05. The molecule has 4 aromatic rings. The molecule has 2 aromatic carbocycles. The lowest BCUT2D eigenvalue weighted by atomic mass is 10.1. The van der Waals surface area contributed by atoms with Crippen molar-refractivity contribution in [2.75, 3.05) is 6.61 Å². The minimum Gasteiger partial charge on any atom is -0.452 e. The lowest BCUT2D eigenvalue weighted by molar-refractivity contribution is -0.122. The number of benzene rings is 2. The van der Waals surface area contributed by atoms with E-state index in [1.165, 1.54) is 11.3 Å². The van der Waals surface area contributed by atoms with Gasteiger partial charge in [0.15, 0.2) is 24.1 Å². The summed E-state index contributed by atoms with van der Waals surface area (Å²) in [5.41, 5.74) is 2.21. The first-order chi connectivity index (χ1) is 15.6. The third-order valence-corrected chi connectivity index (χ3v) is 5.53. The van der Waals surface area contributed by atoms with E-state index >= 15 is 0 Å². The number of aromatic nitrogens is 4. The van der Waals surface area contributed by atoms with Crippen molar-refractivity contribution in [1.82, 2.24) is 19.7 Å². The summed E-state index contributed by atoms with van der Waals surface area (Å²) in [5.74, 6) is -2.21. The molecule has 4 rings (SSSR count). The molecular formula is C23H17N5O3S. The van der Waals surface area contributed by atoms with Gasteiger partial charge in [0, 0.05) is 16.6 Å². The van der Waals surface area contributed by atoms with Crippen LogP contribution >= 0.6 is 11.3 Å². The Labute approximate surface area is 187 Å². The van der Waals surface area contributed by atoms with E-state index in [0.717, 1.165) is 16.9 Å². The molecule has 1 unspecified atom stereocenters. The molecule has 32 heavy (non-hydrogen) atoms. The molecule has 0 aliphatic heterocycles. The number of carbonyl (C=O) groups is 2. The van der Waals surface area contributed by atoms with Crippen molar-refractivity contribution in [2.24, 2.45) is 0 Å². The topological polar surface area (TPSA) is 111 Å². The highest BCUT2D eigenvalue weighted by Crippen LogP contribution is 2.22. The van der Waals surface area contributed by atoms with Gasteiger partial charge in [-0.25, -0.2) is 19.4 Å². The Morgan fingerprint density at radius 1 is 1.09 bits per heavy atom. The van der Waals surface area contributed by atoms with Crippen LogP contribution in [0.5, 0.6) is 0 Å². The number of ketones is 1. The van der Waals surface area contributed by atoms with Crippen molar-refractivity contribution in [3.63, 3.8) is 0 Å². The fourth-order valence-electron chi connectivity index (χ4n) is 2.98. The van der Waals surface area contributed by atoms with Gasteiger partial charge in [0.1, 0.15) is 5.01 Å². The predicted octanol–water partition coefficient (Wildman–Crippen LogP) is 3.73. The van der Waals surface area contributed by atoms with E-state index in [1.807, 2.05) is 66.7 Å². The summed E-state index contributed by atoms with van der Waals surface area (Å²) in [6.07, 6.45) is 0. The molecule has 158 valence electrons. The number of thiazole rings is 1. The second-order valence-corrected chi connectivity index (χ2v) is 7.69. The molecule has 0 saturated carbocycles. The van der Waals surface area contributed by atoms with Crippen molar-refractivity contribution in [2.45, 2.75) is 12.8 Å². The molecule has 0 spiro atoms. The third-order valence-electron chi connectivity index (χ3n) is 4.50. The van der Waals surface area contributed by atoms with Gasteiger partial charge in [0.25, 0.3) is 5.82 Å². The molecule has 1 atom stereocenters. The number of Topliss-reactive ketones (excluding diaryl/α,β-unsaturated/α-hetero) is 1. The van der Waals surface area contributed by atoms with Gasteiger partial charge in [0.05, 0.1) is 11.8 Å². The maximum absolute atomic E-state index is 12.6. The van der Waals surface area contributed by atoms with E-state index in [-0.39, 0.29) is 5.82 Å². The van der Waals surface area contributed by atoms with Crippen LogP contribution in [-0.2, 0) is 9.53 Å². The van der Waals surface area contributed by atoms with Crippen molar-refractivity contribution < 1.29 is 14.3 Å². The standard InChI is InChI=1S/C23H17N5O3S/c1-15-14-32-22(25-15)18(12-24)19(29)13-31-23(30)20-26-21(16-8-4-2-5-9-16)28(27-20)17-10-6-3-7-11-17/h2-11,14,18H,13H2,1H3. The zero-order valence-corrected chi connectivity index (χ0v) is 17.8. The zero-order chi connectivity index (χ0) is 22.5. The molecule has 9 heteroatoms. The predicted molar refractivity (Wildman–Crippen MR) is 117 cm³/mol. The highest BCUT2D eigenvalue weighted by atomic mass is 32.1. The highest BCUT2D eigenvalue weighted by Gasteiger charge is 2.26. The summed E-state index contributed by atoms with van der Waals surface area (Å²) >= 11 is 1.22. The number of ether oxygens (including phenoxy) is 1. The van der Waals surface area contributed by atoms with Gasteiger partial charge in [-0.05, 0) is 19.1 Å². The summed E-state index contributed by atoms with van der Waals surface area (Å²) < 4.78 is 6.69. The van der Waals surface area contributed by atoms with Crippen LogP contribution in [0.4, 0.5) is 0 Å². The average molecular weight is 443 g/mol. The molecule has 2 heterocycles. The maximum atomic E-state index is 12.6. The Balaban J connectivity index is 1.56. The quantitative estimate of drug-likeness (QED) is 0.400. The summed E-state index contributed by atoms with van der Waals surface area (Å²) in [7, 11) is 0. The Morgan fingerprint density at radius 2 is 1.78 bits per heavy atom. The molecule has 0 fully saturated rings. The van der Waals surface area contributed by atoms with Gasteiger partial charge < -0.3 is 4.74 Å². The molecule has 2 aromatic heterocycles. The van der Waals surface area contributed by atoms with Crippen LogP contribution in [0.25, 0.3) is 17.1 Å². The second kappa shape index (κ2) is 9.32. The first kappa shape index (κ1) is 21.1. The number of hydrogen-bond acceptors (Lipinski definition) is 8. The van der Waals surface area contributed by atoms with Crippen LogP contribution in [0.3, 0.4) is 0 Å². The number of para-hydroxylation sites is 1. The molecule has 0 saturated heterocycles. The molecule has 0 bridgehead atoms. The van der Waals surface area contributed by atoms with Gasteiger partial charge in [0.2, 0.25) is 0 Å². The number of aryl methyl sites for hydroxylation is 1. The summed E-state index contributed by atoms with van der Waals surface area (Å²) in [6, 6.07) is 20.5. The number of esters is 1. The Bertz CT molecular complexity index is 1240. The molecule has 0 amide bonds. The number of carbonyl (C=O) groups excluding carboxylic acids is 2. The normalized spacial score (nSPS) is 11.5. The van der Waals surface area contributed by atoms with Crippen LogP contribution in [0, 0.1) is 18.3 Å². The third kappa shape index (κ3) is 4.45. The smallest absolute Gasteiger partial charge is 0.378 e. The van der Waals surface area contributed by atoms with E-state index < -0.39 is 24.3 Å². The van der Waals surface area contributed by atoms with Gasteiger partial charge in [-0.3, -0.25) is 4.79 Å². The molecular weight excluding hydrogens is 426 g/mol. The van der Waals surface area contributed by atoms with Crippen LogP contribution in [0.15, 0.2) is 66.0 Å². The van der Waals surface area contributed by atoms with E-state index in [0.29, 0.717) is 10.8 Å². The minimum absolute atomic E-state index is 0.181. The van der Waals surface area contributed by atoms with Gasteiger partial charge >= 0.3 is 5.97 Å². The van der Waals surface area contributed by atoms with Gasteiger partial charge in [-0.15, -0.1) is 16.4 Å². The fraction of sp³-hybridized carbons (Fsp3) is 0.130. The van der Waals surface area contributed by atoms with Gasteiger partial charge in [-0.1, -0.05) is 48.5 Å². The summed E-state index contributed by atoms with van der Waals surface area (Å²) in [5, 5.41) is 15.8. The largest absolute Gasteiger partial charge is 0.452 e. The van der Waals surface area contributed by atoms with Crippen molar-refractivity contribution >= 4 is 23.1 Å². The fourth-order valence-corrected chi connectivity index (χ4v) is 3.84. The minimum atomic E-state index is -1.09. The Kier molecular flexibility index (Phi) is 6.14. The van der Waals surface area contributed by atoms with Crippen molar-refractivity contribution in [3.05, 3.63) is 82.6 Å². The SMILES string of the molecule is Cc1csc(C(C#N)C(=O)COC(=O)c2nc(-c3ccccc3)n(-c3ccccc3)n2)n1. The first-order valence-electron chi connectivity index (χ1n) is 9.66. The van der Waals surface area contributed by atoms with Crippen LogP contribution in [0.2, 0.25) is 0 Å². The van der Waals surface area contributed by atoms with E-state index in [1.54, 1.807) is 17.0 Å².